The van der Waals surface area contributed by atoms with Gasteiger partial charge in [-0.15, -0.1) is 0 Å². The van der Waals surface area contributed by atoms with Gasteiger partial charge in [0.1, 0.15) is 0 Å². The van der Waals surface area contributed by atoms with Crippen LogP contribution in [0, 0.1) is 16.0 Å². The number of hydrogen-bond acceptors (Lipinski definition) is 5. The summed E-state index contributed by atoms with van der Waals surface area (Å²) in [6.07, 6.45) is 3.80. The predicted octanol–water partition coefficient (Wildman–Crippen LogP) is 0.469. The standard InChI is InChI=1S/C9H11NO5S/c11-5-3-7-6(8(12)13)2-1-4-9(7,16)10(14)15/h1-2,4,7,11,16H,3,5H2,(H,12,13). The zero-order valence-electron chi connectivity index (χ0n) is 8.24. The van der Waals surface area contributed by atoms with Crippen molar-refractivity contribution in [2.45, 2.75) is 11.3 Å². The number of hydrogen-bond donors (Lipinski definition) is 3. The first kappa shape index (κ1) is 12.7. The number of thiol groups is 1. The van der Waals surface area contributed by atoms with Gasteiger partial charge in [-0.2, -0.15) is 0 Å². The molecule has 0 fully saturated rings. The summed E-state index contributed by atoms with van der Waals surface area (Å²) in [5.74, 6) is -2.18. The van der Waals surface area contributed by atoms with E-state index < -0.39 is 21.7 Å². The largest absolute Gasteiger partial charge is 0.478 e. The summed E-state index contributed by atoms with van der Waals surface area (Å²) in [6, 6.07) is 0. The van der Waals surface area contributed by atoms with Crippen LogP contribution in [-0.4, -0.2) is 32.6 Å². The van der Waals surface area contributed by atoms with Crippen LogP contribution in [0.5, 0.6) is 0 Å². The Bertz CT molecular complexity index is 378. The molecular weight excluding hydrogens is 234 g/mol. The van der Waals surface area contributed by atoms with Crippen molar-refractivity contribution in [2.75, 3.05) is 6.61 Å². The van der Waals surface area contributed by atoms with Gasteiger partial charge in [-0.05, 0) is 6.42 Å². The van der Waals surface area contributed by atoms with Gasteiger partial charge in [-0.1, -0.05) is 24.8 Å². The number of aliphatic carboxylic acids is 1. The second-order valence-electron chi connectivity index (χ2n) is 3.39. The van der Waals surface area contributed by atoms with Gasteiger partial charge in [0.25, 0.3) is 4.87 Å². The average Bonchev–Trinajstić information content (AvgIpc) is 2.20. The van der Waals surface area contributed by atoms with E-state index in [1.54, 1.807) is 0 Å². The van der Waals surface area contributed by atoms with Crippen LogP contribution in [0.2, 0.25) is 0 Å². The van der Waals surface area contributed by atoms with Crippen LogP contribution in [0.15, 0.2) is 23.8 Å². The van der Waals surface area contributed by atoms with Gasteiger partial charge >= 0.3 is 5.97 Å². The van der Waals surface area contributed by atoms with Crippen LogP contribution in [-0.2, 0) is 4.79 Å². The molecule has 0 spiro atoms. The molecule has 0 radical (unpaired) electrons. The number of nitrogens with zero attached hydrogens (tertiary/aromatic N) is 1. The molecule has 88 valence electrons. The predicted molar refractivity (Wildman–Crippen MR) is 58.8 cm³/mol. The fourth-order valence-corrected chi connectivity index (χ4v) is 2.01. The van der Waals surface area contributed by atoms with Crippen molar-refractivity contribution >= 4 is 18.6 Å². The van der Waals surface area contributed by atoms with E-state index in [1.165, 1.54) is 18.2 Å². The number of aliphatic hydroxyl groups is 1. The SMILES string of the molecule is O=C(O)C1=CC=CC(S)([N+](=O)[O-])C1CCO. The summed E-state index contributed by atoms with van der Waals surface area (Å²) >= 11 is 3.93. The molecule has 0 saturated heterocycles. The fraction of sp³-hybridized carbons (Fsp3) is 0.444. The number of nitro groups is 1. The Morgan fingerprint density at radius 2 is 2.31 bits per heavy atom. The number of carboxylic acid groups (broad SMARTS) is 1. The van der Waals surface area contributed by atoms with Gasteiger partial charge < -0.3 is 10.2 Å². The van der Waals surface area contributed by atoms with Crippen LogP contribution < -0.4 is 0 Å². The molecule has 1 aliphatic rings. The molecule has 0 heterocycles. The van der Waals surface area contributed by atoms with Gasteiger partial charge in [-0.25, -0.2) is 4.79 Å². The molecule has 0 aliphatic heterocycles. The van der Waals surface area contributed by atoms with Gasteiger partial charge in [0, 0.05) is 23.2 Å². The van der Waals surface area contributed by atoms with E-state index in [2.05, 4.69) is 12.6 Å². The van der Waals surface area contributed by atoms with Gasteiger partial charge in [0.15, 0.2) is 0 Å². The molecule has 2 N–H and O–H groups in total. The van der Waals surface area contributed by atoms with Crippen molar-refractivity contribution in [3.63, 3.8) is 0 Å². The molecule has 6 nitrogen and oxygen atoms in total. The summed E-state index contributed by atoms with van der Waals surface area (Å²) in [7, 11) is 0. The van der Waals surface area contributed by atoms with E-state index in [4.69, 9.17) is 10.2 Å². The maximum Gasteiger partial charge on any atom is 0.332 e. The molecule has 0 aromatic carbocycles. The van der Waals surface area contributed by atoms with E-state index in [1.807, 2.05) is 0 Å². The minimum atomic E-state index is -1.77. The Labute approximate surface area is 96.8 Å². The number of aliphatic hydroxyl groups excluding tert-OH is 1. The number of rotatable bonds is 4. The third kappa shape index (κ3) is 2.10. The zero-order chi connectivity index (χ0) is 12.3. The van der Waals surface area contributed by atoms with Crippen molar-refractivity contribution in [3.8, 4) is 0 Å². The zero-order valence-corrected chi connectivity index (χ0v) is 9.13. The minimum absolute atomic E-state index is 0.0209. The summed E-state index contributed by atoms with van der Waals surface area (Å²) in [5, 5.41) is 28.6. The number of allylic oxidation sites excluding steroid dienone is 2. The molecule has 0 aromatic heterocycles. The molecule has 2 unspecified atom stereocenters. The lowest BCUT2D eigenvalue weighted by Gasteiger charge is -2.28. The Morgan fingerprint density at radius 3 is 2.75 bits per heavy atom. The quantitative estimate of drug-likeness (QED) is 0.289. The third-order valence-corrected chi connectivity index (χ3v) is 3.09. The Hall–Kier alpha value is -1.34. The molecule has 0 aromatic rings. The van der Waals surface area contributed by atoms with Crippen LogP contribution in [0.1, 0.15) is 6.42 Å². The topological polar surface area (TPSA) is 101 Å². The molecule has 1 rings (SSSR count). The number of carbonyl (C=O) groups is 1. The van der Waals surface area contributed by atoms with E-state index in [0.29, 0.717) is 0 Å². The summed E-state index contributed by atoms with van der Waals surface area (Å²) in [6.45, 7) is -0.334. The second kappa shape index (κ2) is 4.67. The molecule has 2 atom stereocenters. The lowest BCUT2D eigenvalue weighted by molar-refractivity contribution is -0.532. The second-order valence-corrected chi connectivity index (χ2v) is 4.11. The summed E-state index contributed by atoms with van der Waals surface area (Å²) in [4.78, 5) is 19.4. The average molecular weight is 245 g/mol. The van der Waals surface area contributed by atoms with E-state index >= 15 is 0 Å². The van der Waals surface area contributed by atoms with Gasteiger partial charge in [0.05, 0.1) is 5.92 Å². The lowest BCUT2D eigenvalue weighted by Crippen LogP contribution is -2.42. The van der Waals surface area contributed by atoms with Gasteiger partial charge in [-0.3, -0.25) is 10.1 Å². The maximum atomic E-state index is 10.9. The highest BCUT2D eigenvalue weighted by atomic mass is 32.1. The molecule has 7 heteroatoms. The first-order valence-corrected chi connectivity index (χ1v) is 4.98. The van der Waals surface area contributed by atoms with Crippen LogP contribution in [0.3, 0.4) is 0 Å². The van der Waals surface area contributed by atoms with Crippen LogP contribution >= 0.6 is 12.6 Å². The molecule has 0 bridgehead atoms. The molecule has 0 amide bonds. The molecule has 0 saturated carbocycles. The first-order chi connectivity index (χ1) is 7.43. The highest BCUT2D eigenvalue weighted by Crippen LogP contribution is 2.38. The van der Waals surface area contributed by atoms with E-state index in [0.717, 1.165) is 0 Å². The minimum Gasteiger partial charge on any atom is -0.478 e. The number of carboxylic acids is 1. The Kier molecular flexibility index (Phi) is 3.71. The van der Waals surface area contributed by atoms with Crippen molar-refractivity contribution in [2.24, 2.45) is 5.92 Å². The smallest absolute Gasteiger partial charge is 0.332 e. The monoisotopic (exact) mass is 245 g/mol. The molecular formula is C9H11NO5S. The highest BCUT2D eigenvalue weighted by molar-refractivity contribution is 7.81. The van der Waals surface area contributed by atoms with Crippen molar-refractivity contribution in [1.82, 2.24) is 0 Å². The van der Waals surface area contributed by atoms with Crippen molar-refractivity contribution < 1.29 is 19.9 Å². The Morgan fingerprint density at radius 1 is 1.69 bits per heavy atom. The normalized spacial score (nSPS) is 28.6. The first-order valence-electron chi connectivity index (χ1n) is 4.54. The lowest BCUT2D eigenvalue weighted by atomic mass is 9.84. The van der Waals surface area contributed by atoms with Crippen molar-refractivity contribution in [1.29, 1.82) is 0 Å². The van der Waals surface area contributed by atoms with Crippen molar-refractivity contribution in [3.05, 3.63) is 33.9 Å². The highest BCUT2D eigenvalue weighted by Gasteiger charge is 2.49. The fourth-order valence-electron chi connectivity index (χ4n) is 1.66. The Balaban J connectivity index is 3.15. The summed E-state index contributed by atoms with van der Waals surface area (Å²) < 4.78 is 0. The maximum absolute atomic E-state index is 10.9. The molecule has 1 aliphatic carbocycles. The van der Waals surface area contributed by atoms with E-state index in [-0.39, 0.29) is 18.6 Å². The van der Waals surface area contributed by atoms with Crippen LogP contribution in [0.4, 0.5) is 0 Å². The third-order valence-electron chi connectivity index (χ3n) is 2.46. The van der Waals surface area contributed by atoms with Gasteiger partial charge in [0.2, 0.25) is 0 Å². The summed E-state index contributed by atoms with van der Waals surface area (Å²) in [5.41, 5.74) is -0.108. The molecule has 16 heavy (non-hydrogen) atoms. The van der Waals surface area contributed by atoms with E-state index in [9.17, 15) is 14.9 Å². The van der Waals surface area contributed by atoms with Crippen LogP contribution in [0.25, 0.3) is 0 Å².